The van der Waals surface area contributed by atoms with Crippen LogP contribution in [0.2, 0.25) is 0 Å². The highest BCUT2D eigenvalue weighted by atomic mass is 16.3. The molecule has 1 unspecified atom stereocenters. The number of phenolic OH excluding ortho intramolecular Hbond substituents is 2. The molecule has 0 aliphatic heterocycles. The summed E-state index contributed by atoms with van der Waals surface area (Å²) < 4.78 is 0. The first-order valence-electron chi connectivity index (χ1n) is 11.5. The first-order valence-corrected chi connectivity index (χ1v) is 11.5. The molecule has 0 bridgehead atoms. The summed E-state index contributed by atoms with van der Waals surface area (Å²) in [6.45, 7) is 2.25. The lowest BCUT2D eigenvalue weighted by atomic mass is 9.91. The van der Waals surface area contributed by atoms with Crippen molar-refractivity contribution in [3.05, 3.63) is 35.9 Å². The average Bonchev–Trinajstić information content (AvgIpc) is 2.69. The second-order valence-electron chi connectivity index (χ2n) is 8.07. The van der Waals surface area contributed by atoms with Gasteiger partial charge >= 0.3 is 0 Å². The Labute approximate surface area is 177 Å². The van der Waals surface area contributed by atoms with Gasteiger partial charge in [0.1, 0.15) is 11.5 Å². The number of primary amides is 1. The third-order valence-corrected chi connectivity index (χ3v) is 5.48. The number of aromatic hydroxyl groups is 2. The normalized spacial score (nSPS) is 12.4. The number of allylic oxidation sites excluding steroid dienone is 2. The first-order chi connectivity index (χ1) is 14.1. The van der Waals surface area contributed by atoms with Crippen molar-refractivity contribution in [3.8, 4) is 11.5 Å². The van der Waals surface area contributed by atoms with Crippen LogP contribution in [0.1, 0.15) is 108 Å². The molecule has 1 rings (SSSR count). The highest BCUT2D eigenvalue weighted by Gasteiger charge is 2.21. The molecule has 0 heterocycles. The van der Waals surface area contributed by atoms with Gasteiger partial charge in [-0.3, -0.25) is 4.79 Å². The summed E-state index contributed by atoms with van der Waals surface area (Å²) in [5, 5.41) is 19.6. The van der Waals surface area contributed by atoms with Crippen molar-refractivity contribution in [2.45, 2.75) is 103 Å². The first kappa shape index (κ1) is 25.1. The fourth-order valence-electron chi connectivity index (χ4n) is 3.69. The number of benzene rings is 1. The van der Waals surface area contributed by atoms with Crippen LogP contribution in [0.4, 0.5) is 0 Å². The number of unbranched alkanes of at least 4 members (excludes halogenated alkanes) is 11. The predicted molar refractivity (Wildman–Crippen MR) is 121 cm³/mol. The fourth-order valence-corrected chi connectivity index (χ4v) is 3.69. The van der Waals surface area contributed by atoms with Crippen LogP contribution in [0.5, 0.6) is 11.5 Å². The van der Waals surface area contributed by atoms with Crippen molar-refractivity contribution < 1.29 is 15.0 Å². The SMILES string of the molecule is CCCCCCCCC=CCCCCCCCC(C(N)=O)c1cc(O)ccc1O. The Morgan fingerprint density at radius 1 is 0.897 bits per heavy atom. The van der Waals surface area contributed by atoms with Gasteiger partial charge in [-0.05, 0) is 50.3 Å². The van der Waals surface area contributed by atoms with Crippen LogP contribution in [0.3, 0.4) is 0 Å². The van der Waals surface area contributed by atoms with Gasteiger partial charge in [0.05, 0.1) is 5.92 Å². The minimum Gasteiger partial charge on any atom is -0.508 e. The highest BCUT2D eigenvalue weighted by molar-refractivity contribution is 5.82. The predicted octanol–water partition coefficient (Wildman–Crippen LogP) is 6.70. The van der Waals surface area contributed by atoms with Crippen molar-refractivity contribution in [3.63, 3.8) is 0 Å². The molecule has 4 N–H and O–H groups in total. The van der Waals surface area contributed by atoms with Gasteiger partial charge in [-0.15, -0.1) is 0 Å². The summed E-state index contributed by atoms with van der Waals surface area (Å²) in [6.07, 6.45) is 21.2. The van der Waals surface area contributed by atoms with Gasteiger partial charge in [0.15, 0.2) is 0 Å². The molecule has 4 nitrogen and oxygen atoms in total. The Morgan fingerprint density at radius 2 is 1.45 bits per heavy atom. The number of amides is 1. The van der Waals surface area contributed by atoms with E-state index >= 15 is 0 Å². The summed E-state index contributed by atoms with van der Waals surface area (Å²) in [5.41, 5.74) is 5.93. The molecule has 4 heteroatoms. The van der Waals surface area contributed by atoms with E-state index in [9.17, 15) is 15.0 Å². The smallest absolute Gasteiger partial charge is 0.225 e. The molecule has 0 spiro atoms. The lowest BCUT2D eigenvalue weighted by molar-refractivity contribution is -0.119. The topological polar surface area (TPSA) is 83.6 Å². The van der Waals surface area contributed by atoms with E-state index in [0.717, 1.165) is 25.7 Å². The molecule has 1 aromatic rings. The third kappa shape index (κ3) is 11.6. The summed E-state index contributed by atoms with van der Waals surface area (Å²) in [7, 11) is 0. The molecule has 0 aliphatic carbocycles. The van der Waals surface area contributed by atoms with Crippen LogP contribution < -0.4 is 5.73 Å². The maximum absolute atomic E-state index is 11.8. The molecular weight excluding hydrogens is 362 g/mol. The molecule has 0 aromatic heterocycles. The van der Waals surface area contributed by atoms with Crippen LogP contribution in [0, 0.1) is 0 Å². The Bertz CT molecular complexity index is 598. The lowest BCUT2D eigenvalue weighted by Crippen LogP contribution is -2.21. The van der Waals surface area contributed by atoms with Gasteiger partial charge in [0.2, 0.25) is 5.91 Å². The zero-order valence-electron chi connectivity index (χ0n) is 18.2. The molecule has 1 amide bonds. The Balaban J connectivity index is 2.09. The molecule has 0 fully saturated rings. The van der Waals surface area contributed by atoms with Gasteiger partial charge in [-0.25, -0.2) is 0 Å². The van der Waals surface area contributed by atoms with Crippen LogP contribution in [0.25, 0.3) is 0 Å². The van der Waals surface area contributed by atoms with Crippen molar-refractivity contribution in [2.75, 3.05) is 0 Å². The van der Waals surface area contributed by atoms with E-state index in [-0.39, 0.29) is 11.5 Å². The molecule has 29 heavy (non-hydrogen) atoms. The number of hydrogen-bond acceptors (Lipinski definition) is 3. The standard InChI is InChI=1S/C25H41NO3/c1-2-3-4-5-6-7-8-9-10-11-12-13-14-15-16-17-22(25(26)29)23-20-21(27)18-19-24(23)28/h9-10,18-20,22,27-28H,2-8,11-17H2,1H3,(H2,26,29). The number of carbonyl (C=O) groups is 1. The largest absolute Gasteiger partial charge is 0.508 e. The Morgan fingerprint density at radius 3 is 2.03 bits per heavy atom. The van der Waals surface area contributed by atoms with Gasteiger partial charge in [-0.2, -0.15) is 0 Å². The van der Waals surface area contributed by atoms with E-state index in [1.165, 1.54) is 76.0 Å². The van der Waals surface area contributed by atoms with Crippen LogP contribution in [-0.2, 0) is 4.79 Å². The summed E-state index contributed by atoms with van der Waals surface area (Å²) in [5.74, 6) is -0.957. The zero-order valence-corrected chi connectivity index (χ0v) is 18.2. The number of nitrogens with two attached hydrogens (primary N) is 1. The van der Waals surface area contributed by atoms with E-state index in [1.807, 2.05) is 0 Å². The maximum atomic E-state index is 11.8. The van der Waals surface area contributed by atoms with Crippen molar-refractivity contribution in [2.24, 2.45) is 5.73 Å². The zero-order chi connectivity index (χ0) is 21.3. The third-order valence-electron chi connectivity index (χ3n) is 5.48. The summed E-state index contributed by atoms with van der Waals surface area (Å²) >= 11 is 0. The fraction of sp³-hybridized carbons (Fsp3) is 0.640. The quantitative estimate of drug-likeness (QED) is 0.154. The number of carbonyl (C=O) groups excluding carboxylic acids is 1. The summed E-state index contributed by atoms with van der Waals surface area (Å²) in [4.78, 5) is 11.8. The van der Waals surface area contributed by atoms with Crippen molar-refractivity contribution >= 4 is 5.91 Å². The molecule has 164 valence electrons. The molecule has 0 aliphatic rings. The van der Waals surface area contributed by atoms with Crippen molar-refractivity contribution in [1.29, 1.82) is 0 Å². The van der Waals surface area contributed by atoms with Gasteiger partial charge in [-0.1, -0.05) is 76.9 Å². The van der Waals surface area contributed by atoms with Gasteiger partial charge < -0.3 is 15.9 Å². The summed E-state index contributed by atoms with van der Waals surface area (Å²) in [6, 6.07) is 4.24. The molecule has 0 saturated heterocycles. The van der Waals surface area contributed by atoms with E-state index in [2.05, 4.69) is 19.1 Å². The monoisotopic (exact) mass is 403 g/mol. The van der Waals surface area contributed by atoms with Crippen LogP contribution in [-0.4, -0.2) is 16.1 Å². The number of hydrogen-bond donors (Lipinski definition) is 3. The molecule has 0 saturated carbocycles. The Kier molecular flexibility index (Phi) is 13.7. The van der Waals surface area contributed by atoms with Crippen LogP contribution in [0.15, 0.2) is 30.4 Å². The molecule has 0 radical (unpaired) electrons. The average molecular weight is 404 g/mol. The second-order valence-corrected chi connectivity index (χ2v) is 8.07. The maximum Gasteiger partial charge on any atom is 0.225 e. The van der Waals surface area contributed by atoms with E-state index < -0.39 is 11.8 Å². The molecule has 1 aromatic carbocycles. The van der Waals surface area contributed by atoms with Crippen LogP contribution >= 0.6 is 0 Å². The van der Waals surface area contributed by atoms with Gasteiger partial charge in [0, 0.05) is 5.56 Å². The number of rotatable bonds is 17. The van der Waals surface area contributed by atoms with E-state index in [1.54, 1.807) is 0 Å². The van der Waals surface area contributed by atoms with Gasteiger partial charge in [0.25, 0.3) is 0 Å². The Hall–Kier alpha value is -1.97. The lowest BCUT2D eigenvalue weighted by Gasteiger charge is -2.15. The minimum atomic E-state index is -0.549. The van der Waals surface area contributed by atoms with Crippen molar-refractivity contribution in [1.82, 2.24) is 0 Å². The van der Waals surface area contributed by atoms with E-state index in [4.69, 9.17) is 5.73 Å². The number of phenols is 2. The molecular formula is C25H41NO3. The molecule has 1 atom stereocenters. The minimum absolute atomic E-state index is 0.0133. The highest BCUT2D eigenvalue weighted by Crippen LogP contribution is 2.32. The second kappa shape index (κ2) is 15.9. The van der Waals surface area contributed by atoms with E-state index in [0.29, 0.717) is 12.0 Å².